The maximum Gasteiger partial charge on any atom is 0.272 e. The lowest BCUT2D eigenvalue weighted by Crippen LogP contribution is -2.31. The highest BCUT2D eigenvalue weighted by atomic mass is 35.5. The van der Waals surface area contributed by atoms with Gasteiger partial charge in [0, 0.05) is 22.7 Å². The van der Waals surface area contributed by atoms with Gasteiger partial charge in [-0.15, -0.1) is 0 Å². The zero-order chi connectivity index (χ0) is 13.5. The molecule has 0 bridgehead atoms. The fraction of sp³-hybridized carbons (Fsp3) is 0.538. The van der Waals surface area contributed by atoms with E-state index in [-0.39, 0.29) is 16.7 Å². The summed E-state index contributed by atoms with van der Waals surface area (Å²) in [7, 11) is 0. The molecule has 1 unspecified atom stereocenters. The number of nitro groups is 1. The third kappa shape index (κ3) is 4.27. The van der Waals surface area contributed by atoms with Crippen LogP contribution in [0.4, 0.5) is 5.69 Å². The van der Waals surface area contributed by atoms with E-state index >= 15 is 0 Å². The molecule has 0 radical (unpaired) electrons. The number of nitrogens with zero attached hydrogens (tertiary/aromatic N) is 1. The predicted molar refractivity (Wildman–Crippen MR) is 74.2 cm³/mol. The van der Waals surface area contributed by atoms with Crippen molar-refractivity contribution in [2.45, 2.75) is 39.2 Å². The first-order valence-corrected chi connectivity index (χ1v) is 6.62. The molecule has 0 spiro atoms. The summed E-state index contributed by atoms with van der Waals surface area (Å²) >= 11 is 5.92. The van der Waals surface area contributed by atoms with E-state index in [1.54, 1.807) is 12.1 Å². The summed E-state index contributed by atoms with van der Waals surface area (Å²) < 4.78 is 0. The Balaban J connectivity index is 2.92. The van der Waals surface area contributed by atoms with E-state index in [1.165, 1.54) is 6.07 Å². The van der Waals surface area contributed by atoms with Crippen LogP contribution in [-0.2, 0) is 6.42 Å². The van der Waals surface area contributed by atoms with Crippen LogP contribution in [0.15, 0.2) is 18.2 Å². The van der Waals surface area contributed by atoms with Crippen LogP contribution in [0.3, 0.4) is 0 Å². The highest BCUT2D eigenvalue weighted by molar-refractivity contribution is 6.30. The normalized spacial score (nSPS) is 12.4. The van der Waals surface area contributed by atoms with Gasteiger partial charge < -0.3 is 5.32 Å². The van der Waals surface area contributed by atoms with Crippen molar-refractivity contribution in [1.82, 2.24) is 5.32 Å². The third-order valence-corrected chi connectivity index (χ3v) is 3.07. The van der Waals surface area contributed by atoms with Crippen molar-refractivity contribution in [3.05, 3.63) is 38.9 Å². The Bertz CT molecular complexity index is 404. The largest absolute Gasteiger partial charge is 0.314 e. The van der Waals surface area contributed by atoms with Crippen molar-refractivity contribution in [3.63, 3.8) is 0 Å². The van der Waals surface area contributed by atoms with Gasteiger partial charge in [-0.25, -0.2) is 0 Å². The van der Waals surface area contributed by atoms with E-state index in [9.17, 15) is 10.1 Å². The number of nitro benzene ring substituents is 1. The average Bonchev–Trinajstić information content (AvgIpc) is 2.29. The summed E-state index contributed by atoms with van der Waals surface area (Å²) in [6.07, 6.45) is 2.68. The van der Waals surface area contributed by atoms with Crippen LogP contribution in [0.2, 0.25) is 5.02 Å². The van der Waals surface area contributed by atoms with Crippen molar-refractivity contribution < 1.29 is 4.92 Å². The van der Waals surface area contributed by atoms with Crippen molar-refractivity contribution >= 4 is 17.3 Å². The van der Waals surface area contributed by atoms with Crippen LogP contribution >= 0.6 is 11.6 Å². The Hall–Kier alpha value is -1.13. The quantitative estimate of drug-likeness (QED) is 0.609. The number of rotatable bonds is 7. The number of halogens is 1. The first-order chi connectivity index (χ1) is 8.58. The summed E-state index contributed by atoms with van der Waals surface area (Å²) in [4.78, 5) is 10.6. The molecule has 1 aromatic carbocycles. The van der Waals surface area contributed by atoms with Crippen molar-refractivity contribution in [1.29, 1.82) is 0 Å². The molecule has 4 nitrogen and oxygen atoms in total. The van der Waals surface area contributed by atoms with Crippen LogP contribution in [-0.4, -0.2) is 17.5 Å². The summed E-state index contributed by atoms with van der Waals surface area (Å²) in [5.74, 6) is 0. The average molecular weight is 271 g/mol. The molecule has 1 N–H and O–H groups in total. The van der Waals surface area contributed by atoms with Gasteiger partial charge in [0.05, 0.1) is 4.92 Å². The Kier molecular flexibility index (Phi) is 6.09. The van der Waals surface area contributed by atoms with E-state index in [1.807, 2.05) is 6.92 Å². The highest BCUT2D eigenvalue weighted by Gasteiger charge is 2.17. The van der Waals surface area contributed by atoms with Gasteiger partial charge in [-0.05, 0) is 31.5 Å². The van der Waals surface area contributed by atoms with Gasteiger partial charge in [-0.2, -0.15) is 0 Å². The zero-order valence-corrected chi connectivity index (χ0v) is 11.5. The lowest BCUT2D eigenvalue weighted by atomic mass is 10.0. The third-order valence-electron chi connectivity index (χ3n) is 2.83. The van der Waals surface area contributed by atoms with Crippen molar-refractivity contribution in [2.24, 2.45) is 0 Å². The minimum Gasteiger partial charge on any atom is -0.314 e. The van der Waals surface area contributed by atoms with Crippen LogP contribution in [0.25, 0.3) is 0 Å². The molecule has 0 heterocycles. The first-order valence-electron chi connectivity index (χ1n) is 6.24. The maximum atomic E-state index is 11.0. The molecule has 18 heavy (non-hydrogen) atoms. The van der Waals surface area contributed by atoms with Crippen molar-refractivity contribution in [3.8, 4) is 0 Å². The van der Waals surface area contributed by atoms with E-state index in [2.05, 4.69) is 12.2 Å². The molecule has 0 aliphatic carbocycles. The SMILES string of the molecule is CCCC(Cc1cc(Cl)ccc1[N+](=O)[O-])NCC. The molecule has 1 atom stereocenters. The highest BCUT2D eigenvalue weighted by Crippen LogP contribution is 2.24. The Morgan fingerprint density at radius 1 is 1.44 bits per heavy atom. The van der Waals surface area contributed by atoms with Crippen LogP contribution < -0.4 is 5.32 Å². The topological polar surface area (TPSA) is 55.2 Å². The summed E-state index contributed by atoms with van der Waals surface area (Å²) in [6.45, 7) is 5.00. The number of hydrogen-bond donors (Lipinski definition) is 1. The Morgan fingerprint density at radius 3 is 2.72 bits per heavy atom. The molecule has 0 saturated heterocycles. The van der Waals surface area contributed by atoms with Crippen LogP contribution in [0, 0.1) is 10.1 Å². The minimum absolute atomic E-state index is 0.151. The standard InChI is InChI=1S/C13H19ClN2O2/c1-3-5-12(15-4-2)9-10-8-11(14)6-7-13(10)16(17)18/h6-8,12,15H,3-5,9H2,1-2H3. The first kappa shape index (κ1) is 14.9. The fourth-order valence-corrected chi connectivity index (χ4v) is 2.27. The van der Waals surface area contributed by atoms with E-state index < -0.39 is 0 Å². The maximum absolute atomic E-state index is 11.0. The fourth-order valence-electron chi connectivity index (χ4n) is 2.07. The molecule has 0 aliphatic heterocycles. The second-order valence-corrected chi connectivity index (χ2v) is 4.71. The molecule has 0 fully saturated rings. The Labute approximate surface area is 112 Å². The molecule has 0 saturated carbocycles. The van der Waals surface area contributed by atoms with E-state index in [0.717, 1.165) is 19.4 Å². The summed E-state index contributed by atoms with van der Waals surface area (Å²) in [5, 5.41) is 14.9. The molecule has 0 aromatic heterocycles. The molecular formula is C13H19ClN2O2. The molecule has 1 rings (SSSR count). The monoisotopic (exact) mass is 270 g/mol. The van der Waals surface area contributed by atoms with Gasteiger partial charge in [-0.1, -0.05) is 31.9 Å². The molecular weight excluding hydrogens is 252 g/mol. The summed E-state index contributed by atoms with van der Waals surface area (Å²) in [6, 6.07) is 4.99. The van der Waals surface area contributed by atoms with Crippen molar-refractivity contribution in [2.75, 3.05) is 6.54 Å². The van der Waals surface area contributed by atoms with Crippen LogP contribution in [0.5, 0.6) is 0 Å². The van der Waals surface area contributed by atoms with Gasteiger partial charge in [0.15, 0.2) is 0 Å². The molecule has 1 aromatic rings. The lowest BCUT2D eigenvalue weighted by Gasteiger charge is -2.17. The molecule has 0 aliphatic rings. The van der Waals surface area contributed by atoms with Crippen LogP contribution in [0.1, 0.15) is 32.3 Å². The minimum atomic E-state index is -0.347. The van der Waals surface area contributed by atoms with Gasteiger partial charge in [0.1, 0.15) is 0 Å². The van der Waals surface area contributed by atoms with Gasteiger partial charge in [0.2, 0.25) is 0 Å². The number of nitrogens with one attached hydrogen (secondary N) is 1. The van der Waals surface area contributed by atoms with E-state index in [0.29, 0.717) is 17.0 Å². The molecule has 100 valence electrons. The molecule has 5 heteroatoms. The van der Waals surface area contributed by atoms with E-state index in [4.69, 9.17) is 11.6 Å². The predicted octanol–water partition coefficient (Wildman–Crippen LogP) is 3.57. The number of benzene rings is 1. The number of hydrogen-bond acceptors (Lipinski definition) is 3. The smallest absolute Gasteiger partial charge is 0.272 e. The Morgan fingerprint density at radius 2 is 2.17 bits per heavy atom. The molecule has 0 amide bonds. The van der Waals surface area contributed by atoms with Gasteiger partial charge in [0.25, 0.3) is 5.69 Å². The zero-order valence-electron chi connectivity index (χ0n) is 10.8. The second-order valence-electron chi connectivity index (χ2n) is 4.28. The van der Waals surface area contributed by atoms with Gasteiger partial charge >= 0.3 is 0 Å². The number of likely N-dealkylation sites (N-methyl/N-ethyl adjacent to an activating group) is 1. The summed E-state index contributed by atoms with van der Waals surface area (Å²) in [5.41, 5.74) is 0.852. The second kappa shape index (κ2) is 7.34. The van der Waals surface area contributed by atoms with Gasteiger partial charge in [-0.3, -0.25) is 10.1 Å². The lowest BCUT2D eigenvalue weighted by molar-refractivity contribution is -0.385.